The molecule has 0 aliphatic rings. The smallest absolute Gasteiger partial charge is 0.292 e. The van der Waals surface area contributed by atoms with E-state index in [2.05, 4.69) is 0 Å². The van der Waals surface area contributed by atoms with Gasteiger partial charge >= 0.3 is 0 Å². The highest BCUT2D eigenvalue weighted by Crippen LogP contribution is 2.33. The molecule has 0 N–H and O–H groups in total. The Bertz CT molecular complexity index is 694. The SMILES string of the molecule is O=[N+]([O-])c1ccc(SOCCCc2ccccc2)c([N+](=O)[O-])c1. The molecule has 120 valence electrons. The number of nitro groups is 2. The Morgan fingerprint density at radius 3 is 2.39 bits per heavy atom. The zero-order valence-corrected chi connectivity index (χ0v) is 12.9. The van der Waals surface area contributed by atoms with Crippen molar-refractivity contribution in [2.75, 3.05) is 6.61 Å². The van der Waals surface area contributed by atoms with Gasteiger partial charge in [0.15, 0.2) is 0 Å². The predicted octanol–water partition coefficient (Wildman–Crippen LogP) is 4.16. The second kappa shape index (κ2) is 8.25. The summed E-state index contributed by atoms with van der Waals surface area (Å²) in [5.74, 6) is 0. The number of aryl methyl sites for hydroxylation is 1. The topological polar surface area (TPSA) is 95.5 Å². The maximum atomic E-state index is 11.0. The van der Waals surface area contributed by atoms with Gasteiger partial charge in [-0.1, -0.05) is 30.3 Å². The van der Waals surface area contributed by atoms with E-state index >= 15 is 0 Å². The number of nitro benzene ring substituents is 2. The number of hydrogen-bond acceptors (Lipinski definition) is 6. The van der Waals surface area contributed by atoms with Crippen LogP contribution in [-0.2, 0) is 10.6 Å². The van der Waals surface area contributed by atoms with E-state index in [0.29, 0.717) is 6.61 Å². The number of nitrogens with zero attached hydrogens (tertiary/aromatic N) is 2. The minimum atomic E-state index is -0.665. The lowest BCUT2D eigenvalue weighted by molar-refractivity contribution is -0.396. The molecule has 0 atom stereocenters. The molecule has 0 amide bonds. The van der Waals surface area contributed by atoms with Gasteiger partial charge in [0, 0.05) is 18.1 Å². The van der Waals surface area contributed by atoms with Gasteiger partial charge in [-0.05, 0) is 24.5 Å². The van der Waals surface area contributed by atoms with E-state index in [4.69, 9.17) is 4.18 Å². The molecule has 0 fully saturated rings. The number of rotatable bonds is 8. The molecular formula is C15H14N2O5S. The molecule has 23 heavy (non-hydrogen) atoms. The summed E-state index contributed by atoms with van der Waals surface area (Å²) in [5.41, 5.74) is 0.555. The summed E-state index contributed by atoms with van der Waals surface area (Å²) >= 11 is 0.867. The predicted molar refractivity (Wildman–Crippen MR) is 86.3 cm³/mol. The third-order valence-electron chi connectivity index (χ3n) is 3.03. The van der Waals surface area contributed by atoms with Crippen LogP contribution >= 0.6 is 12.0 Å². The molecule has 0 saturated heterocycles. The molecule has 0 aliphatic heterocycles. The van der Waals surface area contributed by atoms with Crippen molar-refractivity contribution in [2.24, 2.45) is 0 Å². The van der Waals surface area contributed by atoms with Gasteiger partial charge in [-0.2, -0.15) is 0 Å². The molecule has 0 saturated carbocycles. The van der Waals surface area contributed by atoms with Gasteiger partial charge in [0.2, 0.25) is 0 Å². The fourth-order valence-corrected chi connectivity index (χ4v) is 2.59. The highest BCUT2D eigenvalue weighted by atomic mass is 32.2. The molecule has 0 spiro atoms. The van der Waals surface area contributed by atoms with Crippen molar-refractivity contribution in [2.45, 2.75) is 17.7 Å². The zero-order valence-electron chi connectivity index (χ0n) is 12.1. The van der Waals surface area contributed by atoms with Gasteiger partial charge in [-0.25, -0.2) is 0 Å². The van der Waals surface area contributed by atoms with Crippen LogP contribution in [0.2, 0.25) is 0 Å². The summed E-state index contributed by atoms with van der Waals surface area (Å²) in [7, 11) is 0. The molecule has 2 aromatic carbocycles. The van der Waals surface area contributed by atoms with Crippen LogP contribution in [0, 0.1) is 20.2 Å². The molecule has 0 unspecified atom stereocenters. The van der Waals surface area contributed by atoms with Crippen molar-refractivity contribution in [3.05, 3.63) is 74.3 Å². The summed E-state index contributed by atoms with van der Waals surface area (Å²) in [6.07, 6.45) is 1.63. The molecule has 2 rings (SSSR count). The Morgan fingerprint density at radius 1 is 1.00 bits per heavy atom. The van der Waals surface area contributed by atoms with Crippen molar-refractivity contribution in [1.82, 2.24) is 0 Å². The normalized spacial score (nSPS) is 10.4. The molecular weight excluding hydrogens is 320 g/mol. The molecule has 0 aromatic heterocycles. The molecule has 2 aromatic rings. The third kappa shape index (κ3) is 5.04. The van der Waals surface area contributed by atoms with Gasteiger partial charge in [-0.15, -0.1) is 0 Å². The quantitative estimate of drug-likeness (QED) is 0.311. The first-order chi connectivity index (χ1) is 11.1. The van der Waals surface area contributed by atoms with Gasteiger partial charge in [0.05, 0.1) is 22.5 Å². The number of benzene rings is 2. The van der Waals surface area contributed by atoms with E-state index in [0.717, 1.165) is 31.0 Å². The Balaban J connectivity index is 1.87. The van der Waals surface area contributed by atoms with E-state index in [1.165, 1.54) is 17.7 Å². The van der Waals surface area contributed by atoms with Crippen LogP contribution in [0.1, 0.15) is 12.0 Å². The van der Waals surface area contributed by atoms with Crippen molar-refractivity contribution in [3.63, 3.8) is 0 Å². The lowest BCUT2D eigenvalue weighted by atomic mass is 10.1. The van der Waals surface area contributed by atoms with Crippen molar-refractivity contribution < 1.29 is 14.0 Å². The molecule has 0 heterocycles. The van der Waals surface area contributed by atoms with E-state index in [1.807, 2.05) is 30.3 Å². The number of hydrogen-bond donors (Lipinski definition) is 0. The van der Waals surface area contributed by atoms with Crippen molar-refractivity contribution in [3.8, 4) is 0 Å². The number of non-ortho nitro benzene ring substituents is 1. The highest BCUT2D eigenvalue weighted by molar-refractivity contribution is 7.94. The maximum Gasteiger partial charge on any atom is 0.292 e. The van der Waals surface area contributed by atoms with E-state index in [9.17, 15) is 20.2 Å². The molecule has 0 radical (unpaired) electrons. The van der Waals surface area contributed by atoms with Crippen LogP contribution < -0.4 is 0 Å². The van der Waals surface area contributed by atoms with Crippen LogP contribution in [0.15, 0.2) is 53.4 Å². The van der Waals surface area contributed by atoms with E-state index in [1.54, 1.807) is 0 Å². The van der Waals surface area contributed by atoms with Gasteiger partial charge in [0.25, 0.3) is 11.4 Å². The minimum absolute atomic E-state index is 0.250. The standard InChI is InChI=1S/C15H14N2O5S/c18-16(19)13-8-9-15(14(11-13)17(20)21)23-22-10-4-7-12-5-2-1-3-6-12/h1-3,5-6,8-9,11H,4,7,10H2. The summed E-state index contributed by atoms with van der Waals surface area (Å²) in [5, 5.41) is 21.7. The second-order valence-electron chi connectivity index (χ2n) is 4.66. The molecule has 7 nitrogen and oxygen atoms in total. The fraction of sp³-hybridized carbons (Fsp3) is 0.200. The largest absolute Gasteiger partial charge is 0.310 e. The summed E-state index contributed by atoms with van der Waals surface area (Å²) in [4.78, 5) is 20.6. The van der Waals surface area contributed by atoms with Gasteiger partial charge in [0.1, 0.15) is 4.90 Å². The van der Waals surface area contributed by atoms with Crippen LogP contribution in [-0.4, -0.2) is 16.5 Å². The molecule has 8 heteroatoms. The van der Waals surface area contributed by atoms with Gasteiger partial charge < -0.3 is 4.18 Å². The fourth-order valence-electron chi connectivity index (χ4n) is 1.92. The van der Waals surface area contributed by atoms with E-state index < -0.39 is 9.85 Å². The first kappa shape index (κ1) is 16.9. The highest BCUT2D eigenvalue weighted by Gasteiger charge is 2.20. The van der Waals surface area contributed by atoms with Gasteiger partial charge in [-0.3, -0.25) is 20.2 Å². The van der Waals surface area contributed by atoms with Crippen molar-refractivity contribution in [1.29, 1.82) is 0 Å². The Labute approximate surface area is 136 Å². The summed E-state index contributed by atoms with van der Waals surface area (Å²) in [6.45, 7) is 0.424. The lowest BCUT2D eigenvalue weighted by Crippen LogP contribution is -1.96. The first-order valence-electron chi connectivity index (χ1n) is 6.84. The monoisotopic (exact) mass is 334 g/mol. The Hall–Kier alpha value is -2.45. The minimum Gasteiger partial charge on any atom is -0.310 e. The average Bonchev–Trinajstić information content (AvgIpc) is 2.55. The van der Waals surface area contributed by atoms with Crippen LogP contribution in [0.25, 0.3) is 0 Å². The van der Waals surface area contributed by atoms with Crippen molar-refractivity contribution >= 4 is 23.4 Å². The lowest BCUT2D eigenvalue weighted by Gasteiger charge is -2.04. The average molecular weight is 334 g/mol. The second-order valence-corrected chi connectivity index (χ2v) is 5.50. The third-order valence-corrected chi connectivity index (χ3v) is 3.84. The van der Waals surface area contributed by atoms with Crippen LogP contribution in [0.5, 0.6) is 0 Å². The van der Waals surface area contributed by atoms with Crippen LogP contribution in [0.4, 0.5) is 11.4 Å². The first-order valence-corrected chi connectivity index (χ1v) is 7.58. The molecule has 0 bridgehead atoms. The zero-order chi connectivity index (χ0) is 16.7. The maximum absolute atomic E-state index is 11.0. The molecule has 0 aliphatic carbocycles. The Kier molecular flexibility index (Phi) is 6.07. The summed E-state index contributed by atoms with van der Waals surface area (Å²) < 4.78 is 5.37. The van der Waals surface area contributed by atoms with E-state index in [-0.39, 0.29) is 16.3 Å². The Morgan fingerprint density at radius 2 is 1.74 bits per heavy atom. The van der Waals surface area contributed by atoms with Crippen LogP contribution in [0.3, 0.4) is 0 Å². The summed E-state index contributed by atoms with van der Waals surface area (Å²) in [6, 6.07) is 13.4.